The van der Waals surface area contributed by atoms with Crippen LogP contribution in [0.4, 0.5) is 11.4 Å². The molecule has 150 valence electrons. The molecule has 0 spiro atoms. The van der Waals surface area contributed by atoms with Gasteiger partial charge < -0.3 is 5.32 Å². The monoisotopic (exact) mass is 408 g/mol. The van der Waals surface area contributed by atoms with Crippen molar-refractivity contribution in [2.75, 3.05) is 16.7 Å². The first-order chi connectivity index (χ1) is 13.7. The predicted molar refractivity (Wildman–Crippen MR) is 117 cm³/mol. The minimum Gasteiger partial charge on any atom is -0.322 e. The minimum absolute atomic E-state index is 0.217. The normalized spacial score (nSPS) is 11.2. The Kier molecular flexibility index (Phi) is 5.75. The Morgan fingerprint density at radius 3 is 1.97 bits per heavy atom. The molecular formula is C23H24N2O3S. The number of nitrogens with zero attached hydrogens (tertiary/aromatic N) is 1. The van der Waals surface area contributed by atoms with E-state index in [1.54, 1.807) is 54.6 Å². The molecule has 0 saturated carbocycles. The van der Waals surface area contributed by atoms with Gasteiger partial charge in [-0.25, -0.2) is 8.42 Å². The number of carbonyl (C=O) groups excluding carboxylic acids is 1. The van der Waals surface area contributed by atoms with Crippen molar-refractivity contribution in [3.8, 4) is 0 Å². The van der Waals surface area contributed by atoms with Gasteiger partial charge in [-0.05, 0) is 68.3 Å². The van der Waals surface area contributed by atoms with Crippen LogP contribution >= 0.6 is 0 Å². The third kappa shape index (κ3) is 4.32. The van der Waals surface area contributed by atoms with Crippen LogP contribution in [0.1, 0.15) is 27.0 Å². The Hall–Kier alpha value is -3.12. The molecule has 29 heavy (non-hydrogen) atoms. The number of hydrogen-bond donors (Lipinski definition) is 1. The van der Waals surface area contributed by atoms with Crippen molar-refractivity contribution in [3.05, 3.63) is 89.0 Å². The molecule has 3 aromatic carbocycles. The summed E-state index contributed by atoms with van der Waals surface area (Å²) in [6, 6.07) is 18.8. The quantitative estimate of drug-likeness (QED) is 0.666. The average molecular weight is 409 g/mol. The highest BCUT2D eigenvalue weighted by atomic mass is 32.2. The molecule has 3 rings (SSSR count). The predicted octanol–water partition coefficient (Wildman–Crippen LogP) is 4.69. The molecule has 1 N–H and O–H groups in total. The topological polar surface area (TPSA) is 66.5 Å². The van der Waals surface area contributed by atoms with Crippen LogP contribution in [-0.2, 0) is 10.0 Å². The van der Waals surface area contributed by atoms with E-state index in [9.17, 15) is 13.2 Å². The van der Waals surface area contributed by atoms with E-state index in [0.717, 1.165) is 22.4 Å². The summed E-state index contributed by atoms with van der Waals surface area (Å²) in [6.07, 6.45) is 0. The van der Waals surface area contributed by atoms with Gasteiger partial charge in [-0.15, -0.1) is 0 Å². The van der Waals surface area contributed by atoms with Gasteiger partial charge >= 0.3 is 0 Å². The summed E-state index contributed by atoms with van der Waals surface area (Å²) >= 11 is 0. The Morgan fingerprint density at radius 2 is 1.41 bits per heavy atom. The SMILES string of the molecule is Cc1cc(C)c(NC(=O)c2ccc(N(C)S(=O)(=O)c3ccccc3)cc2)c(C)c1. The smallest absolute Gasteiger partial charge is 0.264 e. The van der Waals surface area contributed by atoms with Gasteiger partial charge in [0.25, 0.3) is 15.9 Å². The zero-order chi connectivity index (χ0) is 21.2. The summed E-state index contributed by atoms with van der Waals surface area (Å²) in [7, 11) is -2.16. The van der Waals surface area contributed by atoms with Crippen molar-refractivity contribution >= 4 is 27.3 Å². The highest BCUT2D eigenvalue weighted by molar-refractivity contribution is 7.92. The first-order valence-corrected chi connectivity index (χ1v) is 10.7. The van der Waals surface area contributed by atoms with Gasteiger partial charge in [-0.1, -0.05) is 35.9 Å². The van der Waals surface area contributed by atoms with Crippen LogP contribution in [0.25, 0.3) is 0 Å². The zero-order valence-corrected chi connectivity index (χ0v) is 17.7. The number of carbonyl (C=O) groups is 1. The number of nitrogens with one attached hydrogen (secondary N) is 1. The first kappa shape index (κ1) is 20.6. The van der Waals surface area contributed by atoms with E-state index in [1.165, 1.54) is 11.4 Å². The molecule has 0 fully saturated rings. The number of amides is 1. The number of aryl methyl sites for hydroxylation is 3. The van der Waals surface area contributed by atoms with Crippen LogP contribution in [0, 0.1) is 20.8 Å². The second-order valence-corrected chi connectivity index (χ2v) is 9.03. The van der Waals surface area contributed by atoms with Crippen molar-refractivity contribution in [1.29, 1.82) is 0 Å². The first-order valence-electron chi connectivity index (χ1n) is 9.23. The van der Waals surface area contributed by atoms with Gasteiger partial charge in [-0.2, -0.15) is 0 Å². The second kappa shape index (κ2) is 8.09. The molecule has 0 radical (unpaired) electrons. The number of anilines is 2. The van der Waals surface area contributed by atoms with Crippen LogP contribution in [0.2, 0.25) is 0 Å². The molecule has 0 saturated heterocycles. The van der Waals surface area contributed by atoms with Crippen LogP contribution in [0.15, 0.2) is 71.6 Å². The Bertz CT molecular complexity index is 1120. The van der Waals surface area contributed by atoms with Gasteiger partial charge in [0.1, 0.15) is 0 Å². The minimum atomic E-state index is -3.66. The van der Waals surface area contributed by atoms with Gasteiger partial charge in [0, 0.05) is 18.3 Å². The van der Waals surface area contributed by atoms with Gasteiger partial charge in [0.15, 0.2) is 0 Å². The fourth-order valence-corrected chi connectivity index (χ4v) is 4.49. The molecule has 0 aromatic heterocycles. The van der Waals surface area contributed by atoms with E-state index in [2.05, 4.69) is 5.32 Å². The Balaban J connectivity index is 1.81. The second-order valence-electron chi connectivity index (χ2n) is 7.06. The average Bonchev–Trinajstić information content (AvgIpc) is 2.70. The van der Waals surface area contributed by atoms with Crippen molar-refractivity contribution in [3.63, 3.8) is 0 Å². The molecule has 0 aliphatic rings. The van der Waals surface area contributed by atoms with E-state index < -0.39 is 10.0 Å². The van der Waals surface area contributed by atoms with E-state index in [4.69, 9.17) is 0 Å². The summed E-state index contributed by atoms with van der Waals surface area (Å²) in [5, 5.41) is 2.96. The molecule has 0 unspecified atom stereocenters. The van der Waals surface area contributed by atoms with Gasteiger partial charge in [-0.3, -0.25) is 9.10 Å². The molecule has 5 nitrogen and oxygen atoms in total. The van der Waals surface area contributed by atoms with Gasteiger partial charge in [0.2, 0.25) is 0 Å². The van der Waals surface area contributed by atoms with Crippen molar-refractivity contribution in [1.82, 2.24) is 0 Å². The maximum atomic E-state index is 12.7. The highest BCUT2D eigenvalue weighted by Gasteiger charge is 2.21. The lowest BCUT2D eigenvalue weighted by Crippen LogP contribution is -2.26. The lowest BCUT2D eigenvalue weighted by molar-refractivity contribution is 0.102. The van der Waals surface area contributed by atoms with Crippen molar-refractivity contribution in [2.45, 2.75) is 25.7 Å². The number of sulfonamides is 1. The molecular weight excluding hydrogens is 384 g/mol. The maximum Gasteiger partial charge on any atom is 0.264 e. The fraction of sp³-hybridized carbons (Fsp3) is 0.174. The lowest BCUT2D eigenvalue weighted by Gasteiger charge is -2.20. The third-order valence-electron chi connectivity index (χ3n) is 4.81. The van der Waals surface area contributed by atoms with Crippen LogP contribution in [0.3, 0.4) is 0 Å². The van der Waals surface area contributed by atoms with Crippen LogP contribution < -0.4 is 9.62 Å². The standard InChI is InChI=1S/C23H24N2O3S/c1-16-14-17(2)22(18(3)15-16)24-23(26)19-10-12-20(13-11-19)25(4)29(27,28)21-8-6-5-7-9-21/h5-15H,1-4H3,(H,24,26). The largest absolute Gasteiger partial charge is 0.322 e. The summed E-state index contributed by atoms with van der Waals surface area (Å²) in [4.78, 5) is 12.9. The summed E-state index contributed by atoms with van der Waals surface area (Å²) in [6.45, 7) is 5.94. The van der Waals surface area contributed by atoms with Crippen molar-refractivity contribution in [2.24, 2.45) is 0 Å². The molecule has 0 aliphatic heterocycles. The third-order valence-corrected chi connectivity index (χ3v) is 6.61. The Morgan fingerprint density at radius 1 is 0.862 bits per heavy atom. The number of rotatable bonds is 5. The van der Waals surface area contributed by atoms with Crippen LogP contribution in [-0.4, -0.2) is 21.4 Å². The fourth-order valence-electron chi connectivity index (χ4n) is 3.27. The molecule has 0 bridgehead atoms. The van der Waals surface area contributed by atoms with E-state index in [0.29, 0.717) is 11.3 Å². The van der Waals surface area contributed by atoms with E-state index in [1.807, 2.05) is 32.9 Å². The lowest BCUT2D eigenvalue weighted by atomic mass is 10.0. The van der Waals surface area contributed by atoms with Crippen molar-refractivity contribution < 1.29 is 13.2 Å². The summed E-state index contributed by atoms with van der Waals surface area (Å²) < 4.78 is 26.7. The highest BCUT2D eigenvalue weighted by Crippen LogP contribution is 2.25. The Labute approximate surface area is 172 Å². The van der Waals surface area contributed by atoms with Crippen LogP contribution in [0.5, 0.6) is 0 Å². The molecule has 0 aliphatic carbocycles. The molecule has 3 aromatic rings. The molecule has 0 atom stereocenters. The van der Waals surface area contributed by atoms with E-state index >= 15 is 0 Å². The summed E-state index contributed by atoms with van der Waals surface area (Å²) in [5.74, 6) is -0.236. The molecule has 6 heteroatoms. The number of hydrogen-bond acceptors (Lipinski definition) is 3. The van der Waals surface area contributed by atoms with Gasteiger partial charge in [0.05, 0.1) is 10.6 Å². The maximum absolute atomic E-state index is 12.7. The molecule has 1 amide bonds. The summed E-state index contributed by atoms with van der Waals surface area (Å²) in [5.41, 5.74) is 4.88. The van der Waals surface area contributed by atoms with E-state index in [-0.39, 0.29) is 10.8 Å². The molecule has 0 heterocycles. The zero-order valence-electron chi connectivity index (χ0n) is 16.9. The number of benzene rings is 3.